The Morgan fingerprint density at radius 2 is 1.79 bits per heavy atom. The minimum absolute atomic E-state index is 0.0755. The van der Waals surface area contributed by atoms with Gasteiger partial charge in [0.1, 0.15) is 5.82 Å². The molecular weight excluding hydrogens is 372 g/mol. The van der Waals surface area contributed by atoms with Gasteiger partial charge in [-0.15, -0.1) is 6.58 Å². The molecular formula is C21H24N4O2S. The van der Waals surface area contributed by atoms with Gasteiger partial charge in [0, 0.05) is 50.5 Å². The van der Waals surface area contributed by atoms with Crippen LogP contribution >= 0.6 is 0 Å². The van der Waals surface area contributed by atoms with E-state index in [0.29, 0.717) is 0 Å². The molecule has 0 unspecified atom stereocenters. The molecule has 0 radical (unpaired) electrons. The first kappa shape index (κ1) is 18.7. The predicted molar refractivity (Wildman–Crippen MR) is 113 cm³/mol. The molecule has 7 heteroatoms. The van der Waals surface area contributed by atoms with Crippen LogP contribution in [-0.4, -0.2) is 54.2 Å². The Bertz CT molecular complexity index is 1070. The summed E-state index contributed by atoms with van der Waals surface area (Å²) in [6.07, 6.45) is 5.02. The van der Waals surface area contributed by atoms with E-state index < -0.39 is 10.0 Å². The highest BCUT2D eigenvalue weighted by Crippen LogP contribution is 2.25. The molecule has 1 aromatic carbocycles. The lowest BCUT2D eigenvalue weighted by molar-refractivity contribution is 0.250. The summed E-state index contributed by atoms with van der Waals surface area (Å²) in [7, 11) is -3.44. The van der Waals surface area contributed by atoms with Crippen molar-refractivity contribution in [2.75, 3.05) is 36.8 Å². The van der Waals surface area contributed by atoms with E-state index in [9.17, 15) is 8.42 Å². The maximum absolute atomic E-state index is 12.6. The van der Waals surface area contributed by atoms with E-state index >= 15 is 0 Å². The third-order valence-electron chi connectivity index (χ3n) is 5.13. The van der Waals surface area contributed by atoms with Gasteiger partial charge in [-0.05, 0) is 23.8 Å². The number of benzene rings is 1. The van der Waals surface area contributed by atoms with Crippen LogP contribution in [-0.2, 0) is 16.6 Å². The number of aromatic nitrogens is 2. The number of pyridine rings is 1. The molecule has 4 rings (SSSR count). The third kappa shape index (κ3) is 3.68. The number of piperazine rings is 1. The van der Waals surface area contributed by atoms with Crippen molar-refractivity contribution in [1.82, 2.24) is 13.9 Å². The second-order valence-electron chi connectivity index (χ2n) is 6.99. The van der Waals surface area contributed by atoms with Gasteiger partial charge in [0.2, 0.25) is 10.0 Å². The second kappa shape index (κ2) is 7.77. The molecule has 1 aliphatic rings. The maximum atomic E-state index is 12.6. The summed E-state index contributed by atoms with van der Waals surface area (Å²) in [5.74, 6) is 0.933. The highest BCUT2D eigenvalue weighted by molar-refractivity contribution is 7.90. The number of fused-ring (bicyclic) bond motifs is 1. The molecule has 6 nitrogen and oxygen atoms in total. The summed E-state index contributed by atoms with van der Waals surface area (Å²) in [6.45, 7) is 7.94. The minimum atomic E-state index is -3.44. The number of hydrogen-bond donors (Lipinski definition) is 0. The van der Waals surface area contributed by atoms with Crippen molar-refractivity contribution in [2.24, 2.45) is 0 Å². The Labute approximate surface area is 165 Å². The largest absolute Gasteiger partial charge is 0.354 e. The fourth-order valence-electron chi connectivity index (χ4n) is 3.72. The molecule has 0 amide bonds. The molecule has 1 saturated heterocycles. The molecule has 1 fully saturated rings. The highest BCUT2D eigenvalue weighted by atomic mass is 32.2. The molecule has 0 N–H and O–H groups in total. The van der Waals surface area contributed by atoms with Crippen molar-refractivity contribution < 1.29 is 8.42 Å². The van der Waals surface area contributed by atoms with Crippen LogP contribution in [0.4, 0.5) is 5.82 Å². The van der Waals surface area contributed by atoms with Crippen molar-refractivity contribution in [3.05, 3.63) is 73.1 Å². The summed E-state index contributed by atoms with van der Waals surface area (Å²) in [5.41, 5.74) is 1.76. The molecule has 2 aromatic heterocycles. The summed E-state index contributed by atoms with van der Waals surface area (Å²) >= 11 is 0. The monoisotopic (exact) mass is 396 g/mol. The SMILES string of the molecule is C=CCS(=O)(=O)n1cc(CN2CCN(c3ccccn3)CC2)c2ccccc21. The van der Waals surface area contributed by atoms with Gasteiger partial charge in [-0.25, -0.2) is 17.4 Å². The zero-order valence-corrected chi connectivity index (χ0v) is 16.6. The fourth-order valence-corrected chi connectivity index (χ4v) is 4.93. The summed E-state index contributed by atoms with van der Waals surface area (Å²) in [4.78, 5) is 9.08. The van der Waals surface area contributed by atoms with Crippen molar-refractivity contribution >= 4 is 26.7 Å². The zero-order chi connectivity index (χ0) is 19.6. The lowest BCUT2D eigenvalue weighted by Gasteiger charge is -2.35. The molecule has 3 aromatic rings. The van der Waals surface area contributed by atoms with Gasteiger partial charge in [-0.1, -0.05) is 30.3 Å². The lowest BCUT2D eigenvalue weighted by atomic mass is 10.1. The number of nitrogens with zero attached hydrogens (tertiary/aromatic N) is 4. The van der Waals surface area contributed by atoms with Gasteiger partial charge >= 0.3 is 0 Å². The van der Waals surface area contributed by atoms with Gasteiger partial charge in [-0.2, -0.15) is 0 Å². The molecule has 1 aliphatic heterocycles. The second-order valence-corrected chi connectivity index (χ2v) is 8.88. The van der Waals surface area contributed by atoms with Gasteiger partial charge in [0.15, 0.2) is 0 Å². The van der Waals surface area contributed by atoms with E-state index in [1.54, 1.807) is 6.20 Å². The fraction of sp³-hybridized carbons (Fsp3) is 0.286. The molecule has 0 atom stereocenters. The average molecular weight is 397 g/mol. The molecule has 28 heavy (non-hydrogen) atoms. The molecule has 0 aliphatic carbocycles. The van der Waals surface area contributed by atoms with Crippen molar-refractivity contribution in [3.63, 3.8) is 0 Å². The lowest BCUT2D eigenvalue weighted by Crippen LogP contribution is -2.46. The summed E-state index contributed by atoms with van der Waals surface area (Å²) in [6, 6.07) is 13.6. The molecule has 146 valence electrons. The van der Waals surface area contributed by atoms with Crippen LogP contribution in [0.1, 0.15) is 5.56 Å². The quantitative estimate of drug-likeness (QED) is 0.600. The van der Waals surface area contributed by atoms with Crippen LogP contribution in [0.3, 0.4) is 0 Å². The maximum Gasteiger partial charge on any atom is 0.242 e. The minimum Gasteiger partial charge on any atom is -0.354 e. The van der Waals surface area contributed by atoms with Crippen LogP contribution in [0.5, 0.6) is 0 Å². The van der Waals surface area contributed by atoms with Crippen LogP contribution in [0, 0.1) is 0 Å². The Morgan fingerprint density at radius 1 is 1.04 bits per heavy atom. The highest BCUT2D eigenvalue weighted by Gasteiger charge is 2.22. The average Bonchev–Trinajstić information content (AvgIpc) is 3.09. The topological polar surface area (TPSA) is 58.4 Å². The van der Waals surface area contributed by atoms with E-state index in [4.69, 9.17) is 0 Å². The van der Waals surface area contributed by atoms with Gasteiger partial charge in [0.25, 0.3) is 0 Å². The smallest absolute Gasteiger partial charge is 0.242 e. The Hall–Kier alpha value is -2.64. The molecule has 0 bridgehead atoms. The molecule has 0 saturated carbocycles. The predicted octanol–water partition coefficient (Wildman–Crippen LogP) is 2.72. The molecule has 3 heterocycles. The summed E-state index contributed by atoms with van der Waals surface area (Å²) in [5, 5.41) is 0.988. The van der Waals surface area contributed by atoms with Crippen LogP contribution < -0.4 is 4.90 Å². The number of rotatable bonds is 6. The summed E-state index contributed by atoms with van der Waals surface area (Å²) < 4.78 is 26.6. The van der Waals surface area contributed by atoms with Crippen molar-refractivity contribution in [1.29, 1.82) is 0 Å². The first-order chi connectivity index (χ1) is 13.6. The van der Waals surface area contributed by atoms with E-state index in [2.05, 4.69) is 21.4 Å². The normalized spacial score (nSPS) is 15.8. The Balaban J connectivity index is 1.54. The Kier molecular flexibility index (Phi) is 5.19. The standard InChI is InChI=1S/C21H24N4O2S/c1-2-15-28(26,27)25-17-18(19-7-3-4-8-20(19)25)16-23-11-13-24(14-12-23)21-9-5-6-10-22-21/h2-10,17H,1,11-16H2. The van der Waals surface area contributed by atoms with Crippen molar-refractivity contribution in [2.45, 2.75) is 6.54 Å². The van der Waals surface area contributed by atoms with Crippen LogP contribution in [0.25, 0.3) is 10.9 Å². The van der Waals surface area contributed by atoms with Crippen LogP contribution in [0.15, 0.2) is 67.5 Å². The number of para-hydroxylation sites is 1. The van der Waals surface area contributed by atoms with Gasteiger partial charge < -0.3 is 4.90 Å². The first-order valence-electron chi connectivity index (χ1n) is 9.40. The first-order valence-corrected chi connectivity index (χ1v) is 11.0. The number of anilines is 1. The van der Waals surface area contributed by atoms with Gasteiger partial charge in [-0.3, -0.25) is 4.90 Å². The van der Waals surface area contributed by atoms with E-state index in [1.807, 2.05) is 48.7 Å². The zero-order valence-electron chi connectivity index (χ0n) is 15.7. The van der Waals surface area contributed by atoms with Gasteiger partial charge in [0.05, 0.1) is 11.3 Å². The van der Waals surface area contributed by atoms with E-state index in [0.717, 1.165) is 55.0 Å². The molecule has 0 spiro atoms. The number of hydrogen-bond acceptors (Lipinski definition) is 5. The van der Waals surface area contributed by atoms with Crippen LogP contribution in [0.2, 0.25) is 0 Å². The van der Waals surface area contributed by atoms with E-state index in [1.165, 1.54) is 10.0 Å². The van der Waals surface area contributed by atoms with E-state index in [-0.39, 0.29) is 5.75 Å². The van der Waals surface area contributed by atoms with Crippen molar-refractivity contribution in [3.8, 4) is 0 Å². The third-order valence-corrected chi connectivity index (χ3v) is 6.69. The Morgan fingerprint density at radius 3 is 2.50 bits per heavy atom.